The molecule has 0 bridgehead atoms. The third kappa shape index (κ3) is 1350000. The fourth-order valence-corrected chi connectivity index (χ4v) is 0. The Morgan fingerprint density at radius 2 is 1.38 bits per heavy atom. The van der Waals surface area contributed by atoms with Crippen LogP contribution in [0.25, 0.3) is 0 Å². The molecule has 0 aromatic carbocycles. The van der Waals surface area contributed by atoms with Crippen LogP contribution in [0.4, 0.5) is 0 Å². The Morgan fingerprint density at radius 1 is 1.38 bits per heavy atom. The summed E-state index contributed by atoms with van der Waals surface area (Å²) in [6.07, 6.45) is 0. The summed E-state index contributed by atoms with van der Waals surface area (Å²) in [6, 6.07) is 0. The molecular formula is C5H13CuO2. The van der Waals surface area contributed by atoms with E-state index in [-0.39, 0.29) is 0 Å². The molecule has 0 amide bonds. The summed E-state index contributed by atoms with van der Waals surface area (Å²) in [6.45, 7) is 1.08. The van der Waals surface area contributed by atoms with E-state index >= 15 is 0 Å². The monoisotopic (exact) mass is 168 g/mol. The molecular weight excluding hydrogens is 156 g/mol. The standard InChI is InChI=1S/C2H4O2.3CH3.Cu/c1-2(3)4;;;;/h1H3,(H,3,4);3*1H3;. The minimum absolute atomic E-state index is 0.688. The van der Waals surface area contributed by atoms with Crippen LogP contribution in [0.3, 0.4) is 0 Å². The van der Waals surface area contributed by atoms with Crippen molar-refractivity contribution in [3.8, 4) is 0 Å². The maximum atomic E-state index is 9.00. The van der Waals surface area contributed by atoms with Crippen molar-refractivity contribution in [3.05, 3.63) is 0 Å². The van der Waals surface area contributed by atoms with Gasteiger partial charge in [0.15, 0.2) is 0 Å². The van der Waals surface area contributed by atoms with Gasteiger partial charge in [-0.2, -0.15) is 0 Å². The Morgan fingerprint density at radius 3 is 1.38 bits per heavy atom. The fourth-order valence-electron chi connectivity index (χ4n) is 0. The van der Waals surface area contributed by atoms with Gasteiger partial charge in [-0.05, 0) is 0 Å². The van der Waals surface area contributed by atoms with Gasteiger partial charge >= 0.3 is 31.4 Å². The molecule has 2 nitrogen and oxygen atoms in total. The molecule has 0 aromatic heterocycles. The van der Waals surface area contributed by atoms with Crippen LogP contribution in [0, 0.1) is 0 Å². The van der Waals surface area contributed by atoms with Crippen LogP contribution in [-0.2, 0) is 18.7 Å². The van der Waals surface area contributed by atoms with Crippen molar-refractivity contribution in [1.29, 1.82) is 0 Å². The minimum atomic E-state index is -0.833. The molecule has 0 radical (unpaired) electrons. The molecule has 0 atom stereocenters. The first-order valence-corrected chi connectivity index (χ1v) is 4.66. The summed E-state index contributed by atoms with van der Waals surface area (Å²) in [5.41, 5.74) is 0. The molecule has 0 rings (SSSR count). The molecule has 0 aliphatic rings. The zero-order valence-corrected chi connectivity index (χ0v) is 6.60. The van der Waals surface area contributed by atoms with E-state index in [2.05, 4.69) is 17.5 Å². The second-order valence-corrected chi connectivity index (χ2v) is 4.25. The summed E-state index contributed by atoms with van der Waals surface area (Å²) in [5, 5.41) is 7.42. The Bertz CT molecular complexity index is 54.7. The van der Waals surface area contributed by atoms with Crippen molar-refractivity contribution >= 4 is 5.97 Å². The van der Waals surface area contributed by atoms with E-state index in [1.165, 1.54) is 0 Å². The van der Waals surface area contributed by atoms with Crippen molar-refractivity contribution in [2.45, 2.75) is 24.4 Å². The zero-order chi connectivity index (χ0) is 7.15. The Kier molecular flexibility index (Phi) is 9.51. The first-order valence-electron chi connectivity index (χ1n) is 1.83. The van der Waals surface area contributed by atoms with Crippen LogP contribution in [0.15, 0.2) is 0 Å². The average Bonchev–Trinajstić information content (AvgIpc) is 1.25. The van der Waals surface area contributed by atoms with Crippen molar-refractivity contribution < 1.29 is 23.8 Å². The predicted octanol–water partition coefficient (Wildman–Crippen LogP) is 1.84. The van der Waals surface area contributed by atoms with E-state index in [4.69, 9.17) is 9.90 Å². The van der Waals surface area contributed by atoms with E-state index in [1.807, 2.05) is 0 Å². The van der Waals surface area contributed by atoms with Crippen molar-refractivity contribution in [3.63, 3.8) is 0 Å². The summed E-state index contributed by atoms with van der Waals surface area (Å²) in [7, 11) is 0. The van der Waals surface area contributed by atoms with E-state index in [0.29, 0.717) is 13.9 Å². The quantitative estimate of drug-likeness (QED) is 0.561. The molecule has 0 aliphatic carbocycles. The fraction of sp³-hybridized carbons (Fsp3) is 0.800. The van der Waals surface area contributed by atoms with Gasteiger partial charge < -0.3 is 5.11 Å². The molecule has 0 unspecified atom stereocenters. The van der Waals surface area contributed by atoms with E-state index < -0.39 is 5.97 Å². The Balaban J connectivity index is 0. The SMILES string of the molecule is CC(=O)O.[CH3][Cu]([CH3])[CH3]. The molecule has 0 saturated heterocycles. The molecule has 0 aliphatic heterocycles. The number of carbonyl (C=O) groups is 1. The molecule has 8 heavy (non-hydrogen) atoms. The molecule has 56 valence electrons. The number of rotatable bonds is 0. The van der Waals surface area contributed by atoms with Crippen LogP contribution in [0.5, 0.6) is 0 Å². The number of hydrogen-bond donors (Lipinski definition) is 1. The van der Waals surface area contributed by atoms with Crippen LogP contribution >= 0.6 is 0 Å². The van der Waals surface area contributed by atoms with Crippen LogP contribution in [0.1, 0.15) is 6.92 Å². The second kappa shape index (κ2) is 6.99. The second-order valence-electron chi connectivity index (χ2n) is 1.42. The average molecular weight is 169 g/mol. The third-order valence-corrected chi connectivity index (χ3v) is 0. The third-order valence-electron chi connectivity index (χ3n) is 0. The van der Waals surface area contributed by atoms with Crippen molar-refractivity contribution in [1.82, 2.24) is 0 Å². The molecule has 3 heteroatoms. The predicted molar refractivity (Wildman–Crippen MR) is 30.9 cm³/mol. The van der Waals surface area contributed by atoms with Crippen LogP contribution in [0.2, 0.25) is 17.5 Å². The van der Waals surface area contributed by atoms with Gasteiger partial charge in [-0.1, -0.05) is 0 Å². The van der Waals surface area contributed by atoms with Gasteiger partial charge in [0.2, 0.25) is 0 Å². The zero-order valence-electron chi connectivity index (χ0n) is 5.66. The van der Waals surface area contributed by atoms with E-state index in [0.717, 1.165) is 6.92 Å². The maximum absolute atomic E-state index is 9.00. The number of carboxylic acids is 1. The summed E-state index contributed by atoms with van der Waals surface area (Å²) in [4.78, 5) is 9.00. The molecule has 0 fully saturated rings. The van der Waals surface area contributed by atoms with E-state index in [9.17, 15) is 0 Å². The van der Waals surface area contributed by atoms with Gasteiger partial charge in [0, 0.05) is 6.92 Å². The number of aliphatic carboxylic acids is 1. The molecule has 0 spiro atoms. The summed E-state index contributed by atoms with van der Waals surface area (Å²) in [5.74, 6) is 5.73. The molecule has 1 N–H and O–H groups in total. The van der Waals surface area contributed by atoms with Crippen LogP contribution in [-0.4, -0.2) is 11.1 Å². The van der Waals surface area contributed by atoms with Gasteiger partial charge in [-0.3, -0.25) is 4.79 Å². The van der Waals surface area contributed by atoms with Gasteiger partial charge in [0.1, 0.15) is 0 Å². The summed E-state index contributed by atoms with van der Waals surface area (Å²) < 4.78 is 0. The molecule has 0 saturated carbocycles. The Hall–Kier alpha value is -0.0105. The molecule has 0 heterocycles. The van der Waals surface area contributed by atoms with Crippen molar-refractivity contribution in [2.24, 2.45) is 0 Å². The van der Waals surface area contributed by atoms with E-state index in [1.54, 1.807) is 0 Å². The van der Waals surface area contributed by atoms with Crippen molar-refractivity contribution in [2.75, 3.05) is 0 Å². The van der Waals surface area contributed by atoms with Gasteiger partial charge in [-0.25, -0.2) is 0 Å². The van der Waals surface area contributed by atoms with Crippen LogP contribution < -0.4 is 0 Å². The van der Waals surface area contributed by atoms with Gasteiger partial charge in [0.05, 0.1) is 0 Å². The topological polar surface area (TPSA) is 37.3 Å². The molecule has 0 aromatic rings. The first-order chi connectivity index (χ1) is 3.46. The Labute approximate surface area is 54.8 Å². The number of carboxylic acid groups (broad SMARTS) is 1. The van der Waals surface area contributed by atoms with Gasteiger partial charge in [-0.15, -0.1) is 0 Å². The first kappa shape index (κ1) is 10.9. The normalized spacial score (nSPS) is 8.75. The number of hydrogen-bond acceptors (Lipinski definition) is 1. The van der Waals surface area contributed by atoms with Gasteiger partial charge in [0.25, 0.3) is 5.97 Å². The summed E-state index contributed by atoms with van der Waals surface area (Å²) >= 11 is 0.688.